The van der Waals surface area contributed by atoms with E-state index in [-0.39, 0.29) is 5.91 Å². The topological polar surface area (TPSA) is 70.2 Å². The average molecular weight is 361 g/mol. The number of carbonyl (C=O) groups is 1. The molecule has 0 saturated heterocycles. The van der Waals surface area contributed by atoms with Crippen molar-refractivity contribution in [1.29, 1.82) is 0 Å². The van der Waals surface area contributed by atoms with E-state index in [1.54, 1.807) is 12.1 Å². The minimum absolute atomic E-state index is 0.222. The molecule has 138 valence electrons. The number of hydrogen-bond acceptors (Lipinski definition) is 5. The summed E-state index contributed by atoms with van der Waals surface area (Å²) in [6.07, 6.45) is 0.780. The molecule has 6 heteroatoms. The molecular formula is C21H23N5O. The summed E-state index contributed by atoms with van der Waals surface area (Å²) in [6, 6.07) is 21.4. The fourth-order valence-corrected chi connectivity index (χ4v) is 2.57. The van der Waals surface area contributed by atoms with Crippen LogP contribution in [0.5, 0.6) is 0 Å². The first-order valence-corrected chi connectivity index (χ1v) is 8.82. The molecule has 2 N–H and O–H groups in total. The van der Waals surface area contributed by atoms with Gasteiger partial charge in [-0.2, -0.15) is 0 Å². The summed E-state index contributed by atoms with van der Waals surface area (Å²) in [5, 5.41) is 14.1. The second-order valence-electron chi connectivity index (χ2n) is 6.36. The molecule has 0 saturated carbocycles. The fourth-order valence-electron chi connectivity index (χ4n) is 2.57. The van der Waals surface area contributed by atoms with E-state index in [2.05, 4.69) is 20.8 Å². The molecule has 2 aromatic carbocycles. The van der Waals surface area contributed by atoms with Gasteiger partial charge in [0.2, 0.25) is 0 Å². The van der Waals surface area contributed by atoms with E-state index >= 15 is 0 Å². The van der Waals surface area contributed by atoms with Crippen LogP contribution in [-0.2, 0) is 6.42 Å². The van der Waals surface area contributed by atoms with Gasteiger partial charge in [0, 0.05) is 32.0 Å². The van der Waals surface area contributed by atoms with Gasteiger partial charge < -0.3 is 15.5 Å². The van der Waals surface area contributed by atoms with Crippen molar-refractivity contribution in [2.75, 3.05) is 30.9 Å². The van der Waals surface area contributed by atoms with E-state index in [0.717, 1.165) is 17.8 Å². The maximum Gasteiger partial charge on any atom is 0.271 e. The fraction of sp³-hybridized carbons (Fsp3) is 0.190. The smallest absolute Gasteiger partial charge is 0.271 e. The zero-order chi connectivity index (χ0) is 19.1. The predicted molar refractivity (Wildman–Crippen MR) is 109 cm³/mol. The van der Waals surface area contributed by atoms with E-state index in [9.17, 15) is 4.79 Å². The van der Waals surface area contributed by atoms with Crippen molar-refractivity contribution in [3.8, 4) is 0 Å². The lowest BCUT2D eigenvalue weighted by Crippen LogP contribution is -2.26. The van der Waals surface area contributed by atoms with Crippen LogP contribution in [0.4, 0.5) is 17.2 Å². The quantitative estimate of drug-likeness (QED) is 0.676. The Bertz CT molecular complexity index is 861. The highest BCUT2D eigenvalue weighted by molar-refractivity contribution is 5.92. The Balaban J connectivity index is 1.52. The molecule has 0 atom stereocenters. The molecule has 0 aliphatic heterocycles. The zero-order valence-electron chi connectivity index (χ0n) is 15.5. The lowest BCUT2D eigenvalue weighted by Gasteiger charge is -2.13. The molecule has 0 radical (unpaired) electrons. The van der Waals surface area contributed by atoms with Gasteiger partial charge in [0.15, 0.2) is 11.5 Å². The molecule has 0 bridgehead atoms. The number of hydrogen-bond donors (Lipinski definition) is 2. The summed E-state index contributed by atoms with van der Waals surface area (Å²) in [5.41, 5.74) is 3.52. The van der Waals surface area contributed by atoms with Crippen LogP contribution in [0.1, 0.15) is 16.1 Å². The third-order valence-electron chi connectivity index (χ3n) is 4.10. The number of carbonyl (C=O) groups excluding carboxylic acids is 1. The van der Waals surface area contributed by atoms with Gasteiger partial charge in [0.05, 0.1) is 0 Å². The Kier molecular flexibility index (Phi) is 5.99. The number of amides is 1. The second-order valence-corrected chi connectivity index (χ2v) is 6.36. The lowest BCUT2D eigenvalue weighted by molar-refractivity contribution is 0.0948. The van der Waals surface area contributed by atoms with Crippen molar-refractivity contribution < 1.29 is 4.79 Å². The van der Waals surface area contributed by atoms with Crippen molar-refractivity contribution >= 4 is 23.1 Å². The third kappa shape index (κ3) is 5.28. The van der Waals surface area contributed by atoms with Crippen molar-refractivity contribution in [3.05, 3.63) is 78.0 Å². The summed E-state index contributed by atoms with van der Waals surface area (Å²) in [7, 11) is 4.00. The predicted octanol–water partition coefficient (Wildman–Crippen LogP) is 3.26. The van der Waals surface area contributed by atoms with Gasteiger partial charge in [0.1, 0.15) is 0 Å². The average Bonchev–Trinajstić information content (AvgIpc) is 2.70. The molecule has 0 unspecified atom stereocenters. The third-order valence-corrected chi connectivity index (χ3v) is 4.10. The van der Waals surface area contributed by atoms with Crippen LogP contribution in [0.3, 0.4) is 0 Å². The number of nitrogens with one attached hydrogen (secondary N) is 2. The molecule has 3 rings (SSSR count). The Morgan fingerprint density at radius 2 is 1.67 bits per heavy atom. The van der Waals surface area contributed by atoms with Crippen molar-refractivity contribution in [3.63, 3.8) is 0 Å². The summed E-state index contributed by atoms with van der Waals surface area (Å²) in [4.78, 5) is 14.2. The molecule has 6 nitrogen and oxygen atoms in total. The van der Waals surface area contributed by atoms with E-state index in [1.165, 1.54) is 5.56 Å². The molecule has 1 aromatic heterocycles. The van der Waals surface area contributed by atoms with Crippen LogP contribution in [0.25, 0.3) is 0 Å². The van der Waals surface area contributed by atoms with E-state index in [4.69, 9.17) is 0 Å². The van der Waals surface area contributed by atoms with Gasteiger partial charge in [-0.3, -0.25) is 4.79 Å². The highest BCUT2D eigenvalue weighted by atomic mass is 16.1. The van der Waals surface area contributed by atoms with Gasteiger partial charge in [-0.15, -0.1) is 10.2 Å². The van der Waals surface area contributed by atoms with Crippen molar-refractivity contribution in [2.24, 2.45) is 0 Å². The summed E-state index contributed by atoms with van der Waals surface area (Å²) in [6.45, 7) is 0.558. The molecule has 27 heavy (non-hydrogen) atoms. The minimum Gasteiger partial charge on any atom is -0.378 e. The first-order valence-electron chi connectivity index (χ1n) is 8.82. The zero-order valence-corrected chi connectivity index (χ0v) is 15.5. The highest BCUT2D eigenvalue weighted by Gasteiger charge is 2.08. The van der Waals surface area contributed by atoms with Crippen molar-refractivity contribution in [1.82, 2.24) is 15.5 Å². The molecule has 0 aliphatic carbocycles. The highest BCUT2D eigenvalue weighted by Crippen LogP contribution is 2.18. The molecule has 0 fully saturated rings. The lowest BCUT2D eigenvalue weighted by atomic mass is 10.1. The van der Waals surface area contributed by atoms with Crippen LogP contribution in [0.2, 0.25) is 0 Å². The van der Waals surface area contributed by atoms with Crippen molar-refractivity contribution in [2.45, 2.75) is 6.42 Å². The van der Waals surface area contributed by atoms with Gasteiger partial charge in [-0.25, -0.2) is 0 Å². The number of benzene rings is 2. The van der Waals surface area contributed by atoms with Gasteiger partial charge in [-0.1, -0.05) is 30.3 Å². The first kappa shape index (κ1) is 18.4. The Hall–Kier alpha value is -3.41. The number of rotatable bonds is 7. The van der Waals surface area contributed by atoms with E-state index < -0.39 is 0 Å². The standard InChI is InChI=1S/C21H23N5O/c1-26(2)18-10-8-17(9-11-18)23-20-13-12-19(24-25-20)21(27)22-15-14-16-6-4-3-5-7-16/h3-13H,14-15H2,1-2H3,(H,22,27)(H,23,25). The van der Waals surface area contributed by atoms with Crippen LogP contribution < -0.4 is 15.5 Å². The molecule has 3 aromatic rings. The Labute approximate surface area is 159 Å². The minimum atomic E-state index is -0.222. The maximum atomic E-state index is 12.2. The van der Waals surface area contributed by atoms with Gasteiger partial charge in [0.25, 0.3) is 5.91 Å². The van der Waals surface area contributed by atoms with Gasteiger partial charge >= 0.3 is 0 Å². The number of nitrogens with zero attached hydrogens (tertiary/aromatic N) is 3. The molecular weight excluding hydrogens is 338 g/mol. The number of anilines is 3. The summed E-state index contributed by atoms with van der Waals surface area (Å²) in [5.74, 6) is 0.369. The molecule has 0 spiro atoms. The normalized spacial score (nSPS) is 10.3. The first-order chi connectivity index (χ1) is 13.1. The molecule has 1 heterocycles. The molecule has 1 amide bonds. The summed E-state index contributed by atoms with van der Waals surface area (Å²) >= 11 is 0. The maximum absolute atomic E-state index is 12.2. The van der Waals surface area contributed by atoms with Crippen LogP contribution in [0, 0.1) is 0 Å². The molecule has 0 aliphatic rings. The SMILES string of the molecule is CN(C)c1ccc(Nc2ccc(C(=O)NCCc3ccccc3)nn2)cc1. The number of aromatic nitrogens is 2. The Morgan fingerprint density at radius 1 is 0.926 bits per heavy atom. The summed E-state index contributed by atoms with van der Waals surface area (Å²) < 4.78 is 0. The van der Waals surface area contributed by atoms with E-state index in [0.29, 0.717) is 18.1 Å². The Morgan fingerprint density at radius 3 is 2.30 bits per heavy atom. The second kappa shape index (κ2) is 8.80. The van der Waals surface area contributed by atoms with E-state index in [1.807, 2.05) is 73.6 Å². The van der Waals surface area contributed by atoms with Crippen LogP contribution in [0.15, 0.2) is 66.7 Å². The monoisotopic (exact) mass is 361 g/mol. The van der Waals surface area contributed by atoms with Gasteiger partial charge in [-0.05, 0) is 48.4 Å². The largest absolute Gasteiger partial charge is 0.378 e. The van der Waals surface area contributed by atoms with Crippen LogP contribution in [-0.4, -0.2) is 36.7 Å². The van der Waals surface area contributed by atoms with Crippen LogP contribution >= 0.6 is 0 Å².